The Morgan fingerprint density at radius 3 is 3.05 bits per heavy atom. The Morgan fingerprint density at radius 1 is 1.50 bits per heavy atom. The zero-order valence-electron chi connectivity index (χ0n) is 10.6. The Hall–Kier alpha value is -1.73. The van der Waals surface area contributed by atoms with E-state index in [1.165, 1.54) is 11.8 Å². The topological polar surface area (TPSA) is 96.7 Å². The molecular formula is C12H14ClN5OS. The molecule has 0 saturated carbocycles. The first kappa shape index (κ1) is 14.7. The number of benzene rings is 1. The van der Waals surface area contributed by atoms with Crippen molar-refractivity contribution in [2.75, 3.05) is 18.0 Å². The molecule has 4 N–H and O–H groups in total. The molecule has 0 radical (unpaired) electrons. The molecule has 8 heteroatoms. The van der Waals surface area contributed by atoms with Crippen molar-refractivity contribution in [2.45, 2.75) is 11.6 Å². The molecule has 2 aromatic rings. The van der Waals surface area contributed by atoms with Gasteiger partial charge in [-0.3, -0.25) is 4.79 Å². The molecule has 1 heterocycles. The lowest BCUT2D eigenvalue weighted by Crippen LogP contribution is -2.27. The number of hydrogen-bond acceptors (Lipinski definition) is 5. The van der Waals surface area contributed by atoms with Crippen LogP contribution in [0.5, 0.6) is 0 Å². The Balaban J connectivity index is 1.67. The molecule has 0 saturated heterocycles. The number of carbonyl (C=O) groups is 1. The number of anilines is 1. The summed E-state index contributed by atoms with van der Waals surface area (Å²) in [6.45, 7) is 0.565. The van der Waals surface area contributed by atoms with E-state index in [0.717, 1.165) is 12.0 Å². The normalized spacial score (nSPS) is 10.4. The van der Waals surface area contributed by atoms with Crippen molar-refractivity contribution in [1.82, 2.24) is 20.5 Å². The van der Waals surface area contributed by atoms with Crippen LogP contribution >= 0.6 is 23.4 Å². The van der Waals surface area contributed by atoms with Crippen LogP contribution in [0, 0.1) is 0 Å². The summed E-state index contributed by atoms with van der Waals surface area (Å²) in [5, 5.41) is 10.3. The quantitative estimate of drug-likeness (QED) is 0.702. The highest BCUT2D eigenvalue weighted by Gasteiger charge is 2.06. The van der Waals surface area contributed by atoms with E-state index in [9.17, 15) is 4.79 Å². The van der Waals surface area contributed by atoms with E-state index in [0.29, 0.717) is 16.7 Å². The van der Waals surface area contributed by atoms with Crippen LogP contribution in [0.15, 0.2) is 29.4 Å². The second-order valence-corrected chi connectivity index (χ2v) is 5.40. The van der Waals surface area contributed by atoms with Gasteiger partial charge in [0.1, 0.15) is 0 Å². The van der Waals surface area contributed by atoms with Crippen LogP contribution in [0.3, 0.4) is 0 Å². The second kappa shape index (κ2) is 7.16. The standard InChI is InChI=1S/C12H14ClN5OS/c13-9-3-1-2-8(6-9)4-5-15-10(19)7-20-12-16-11(14)17-18-12/h1-3,6H,4-5,7H2,(H,15,19)(H3,14,16,17,18). The molecule has 20 heavy (non-hydrogen) atoms. The summed E-state index contributed by atoms with van der Waals surface area (Å²) in [4.78, 5) is 15.5. The number of nitrogens with two attached hydrogens (primary N) is 1. The largest absolute Gasteiger partial charge is 0.368 e. The van der Waals surface area contributed by atoms with Crippen molar-refractivity contribution in [3.8, 4) is 0 Å². The lowest BCUT2D eigenvalue weighted by molar-refractivity contribution is -0.118. The van der Waals surface area contributed by atoms with Crippen molar-refractivity contribution < 1.29 is 4.79 Å². The van der Waals surface area contributed by atoms with E-state index in [1.807, 2.05) is 24.3 Å². The number of aromatic nitrogens is 3. The molecule has 0 spiro atoms. The third kappa shape index (κ3) is 4.75. The molecule has 106 valence electrons. The molecule has 0 aliphatic heterocycles. The molecule has 0 aliphatic carbocycles. The molecule has 0 bridgehead atoms. The van der Waals surface area contributed by atoms with Gasteiger partial charge in [-0.25, -0.2) is 5.10 Å². The third-order valence-corrected chi connectivity index (χ3v) is 3.52. The summed E-state index contributed by atoms with van der Waals surface area (Å²) < 4.78 is 0. The average Bonchev–Trinajstić information content (AvgIpc) is 2.82. The summed E-state index contributed by atoms with van der Waals surface area (Å²) in [5.41, 5.74) is 6.48. The summed E-state index contributed by atoms with van der Waals surface area (Å²) >= 11 is 7.12. The molecule has 1 aromatic carbocycles. The first-order chi connectivity index (χ1) is 9.63. The zero-order valence-corrected chi connectivity index (χ0v) is 12.2. The molecular weight excluding hydrogens is 298 g/mol. The molecule has 1 aromatic heterocycles. The monoisotopic (exact) mass is 311 g/mol. The third-order valence-electron chi connectivity index (χ3n) is 2.44. The van der Waals surface area contributed by atoms with Crippen LogP contribution in [0.25, 0.3) is 0 Å². The van der Waals surface area contributed by atoms with Crippen LogP contribution in [0.4, 0.5) is 5.95 Å². The number of aromatic amines is 1. The number of hydrogen-bond donors (Lipinski definition) is 3. The molecule has 0 fully saturated rings. The number of nitrogen functional groups attached to an aromatic ring is 1. The number of H-pyrrole nitrogens is 1. The number of thioether (sulfide) groups is 1. The lowest BCUT2D eigenvalue weighted by Gasteiger charge is -2.04. The van der Waals surface area contributed by atoms with E-state index in [2.05, 4.69) is 20.5 Å². The van der Waals surface area contributed by atoms with Crippen LogP contribution < -0.4 is 11.1 Å². The van der Waals surface area contributed by atoms with Gasteiger partial charge in [0, 0.05) is 11.6 Å². The maximum absolute atomic E-state index is 11.6. The van der Waals surface area contributed by atoms with Gasteiger partial charge >= 0.3 is 0 Å². The second-order valence-electron chi connectivity index (χ2n) is 4.02. The minimum Gasteiger partial charge on any atom is -0.368 e. The van der Waals surface area contributed by atoms with Crippen molar-refractivity contribution in [2.24, 2.45) is 0 Å². The van der Waals surface area contributed by atoms with Gasteiger partial charge in [0.05, 0.1) is 5.75 Å². The van der Waals surface area contributed by atoms with Crippen molar-refractivity contribution in [1.29, 1.82) is 0 Å². The minimum atomic E-state index is -0.0691. The van der Waals surface area contributed by atoms with E-state index in [4.69, 9.17) is 17.3 Å². The summed E-state index contributed by atoms with van der Waals surface area (Å²) in [5.74, 6) is 0.432. The highest BCUT2D eigenvalue weighted by Crippen LogP contribution is 2.12. The predicted molar refractivity (Wildman–Crippen MR) is 79.7 cm³/mol. The van der Waals surface area contributed by atoms with Gasteiger partial charge in [-0.2, -0.15) is 4.98 Å². The number of halogens is 1. The van der Waals surface area contributed by atoms with Crippen LogP contribution in [-0.2, 0) is 11.2 Å². The Morgan fingerprint density at radius 2 is 2.35 bits per heavy atom. The minimum absolute atomic E-state index is 0.0691. The lowest BCUT2D eigenvalue weighted by atomic mass is 10.1. The smallest absolute Gasteiger partial charge is 0.230 e. The van der Waals surface area contributed by atoms with E-state index in [-0.39, 0.29) is 17.6 Å². The van der Waals surface area contributed by atoms with Crippen LogP contribution in [-0.4, -0.2) is 33.4 Å². The van der Waals surface area contributed by atoms with Crippen LogP contribution in [0.1, 0.15) is 5.56 Å². The summed E-state index contributed by atoms with van der Waals surface area (Å²) in [6, 6.07) is 7.58. The number of amides is 1. The van der Waals surface area contributed by atoms with Gasteiger partial charge < -0.3 is 11.1 Å². The molecule has 2 rings (SSSR count). The molecule has 6 nitrogen and oxygen atoms in total. The molecule has 1 amide bonds. The average molecular weight is 312 g/mol. The van der Waals surface area contributed by atoms with Crippen molar-refractivity contribution >= 4 is 35.2 Å². The van der Waals surface area contributed by atoms with Gasteiger partial charge in [-0.15, -0.1) is 5.10 Å². The van der Waals surface area contributed by atoms with Gasteiger partial charge in [-0.1, -0.05) is 35.5 Å². The first-order valence-electron chi connectivity index (χ1n) is 5.95. The number of rotatable bonds is 6. The van der Waals surface area contributed by atoms with E-state index in [1.54, 1.807) is 0 Å². The van der Waals surface area contributed by atoms with Gasteiger partial charge in [-0.05, 0) is 24.1 Å². The highest BCUT2D eigenvalue weighted by molar-refractivity contribution is 7.99. The Kier molecular flexibility index (Phi) is 5.25. The van der Waals surface area contributed by atoms with Gasteiger partial charge in [0.2, 0.25) is 17.0 Å². The first-order valence-corrected chi connectivity index (χ1v) is 7.31. The summed E-state index contributed by atoms with van der Waals surface area (Å²) in [6.07, 6.45) is 0.741. The fraction of sp³-hybridized carbons (Fsp3) is 0.250. The summed E-state index contributed by atoms with van der Waals surface area (Å²) in [7, 11) is 0. The molecule has 0 atom stereocenters. The SMILES string of the molecule is Nc1nc(SCC(=O)NCCc2cccc(Cl)c2)n[nH]1. The van der Waals surface area contributed by atoms with E-state index < -0.39 is 0 Å². The number of nitrogens with one attached hydrogen (secondary N) is 2. The maximum atomic E-state index is 11.6. The van der Waals surface area contributed by atoms with Crippen LogP contribution in [0.2, 0.25) is 5.02 Å². The van der Waals surface area contributed by atoms with Crippen molar-refractivity contribution in [3.63, 3.8) is 0 Å². The Labute approximate surface area is 125 Å². The fourth-order valence-corrected chi connectivity index (χ4v) is 2.39. The Bertz CT molecular complexity index is 589. The van der Waals surface area contributed by atoms with Gasteiger partial charge in [0.15, 0.2) is 0 Å². The molecule has 0 aliphatic rings. The fourth-order valence-electron chi connectivity index (χ4n) is 1.54. The van der Waals surface area contributed by atoms with Gasteiger partial charge in [0.25, 0.3) is 0 Å². The van der Waals surface area contributed by atoms with E-state index >= 15 is 0 Å². The highest BCUT2D eigenvalue weighted by atomic mass is 35.5. The number of carbonyl (C=O) groups excluding carboxylic acids is 1. The van der Waals surface area contributed by atoms with Crippen molar-refractivity contribution in [3.05, 3.63) is 34.9 Å². The predicted octanol–water partition coefficient (Wildman–Crippen LogP) is 1.49. The number of nitrogens with zero attached hydrogens (tertiary/aromatic N) is 2. The molecule has 0 unspecified atom stereocenters. The zero-order chi connectivity index (χ0) is 14.4. The maximum Gasteiger partial charge on any atom is 0.230 e.